The minimum absolute atomic E-state index is 0.0539. The number of hydrogen-bond donors (Lipinski definition) is 2. The van der Waals surface area contributed by atoms with E-state index in [4.69, 9.17) is 10.6 Å². The highest BCUT2D eigenvalue weighted by Crippen LogP contribution is 2.28. The first-order valence-corrected chi connectivity index (χ1v) is 7.22. The minimum Gasteiger partial charge on any atom is -0.490 e. The van der Waals surface area contributed by atoms with Crippen LogP contribution < -0.4 is 16.0 Å². The van der Waals surface area contributed by atoms with E-state index in [-0.39, 0.29) is 11.9 Å². The second kappa shape index (κ2) is 6.24. The molecule has 0 bridgehead atoms. The van der Waals surface area contributed by atoms with Gasteiger partial charge in [0.05, 0.1) is 6.10 Å². The van der Waals surface area contributed by atoms with Crippen molar-refractivity contribution in [1.29, 1.82) is 0 Å². The van der Waals surface area contributed by atoms with Gasteiger partial charge in [-0.1, -0.05) is 24.3 Å². The SMILES string of the molecule is NNC(Cc1cccc(F)c1)c1ccc(OC2CC2)cc1. The monoisotopic (exact) mass is 286 g/mol. The normalized spacial score (nSPS) is 15.7. The highest BCUT2D eigenvalue weighted by atomic mass is 19.1. The summed E-state index contributed by atoms with van der Waals surface area (Å²) >= 11 is 0. The molecule has 3 rings (SSSR count). The molecule has 1 unspecified atom stereocenters. The molecule has 0 amide bonds. The highest BCUT2D eigenvalue weighted by Gasteiger charge is 2.23. The third-order valence-electron chi connectivity index (χ3n) is 3.64. The zero-order chi connectivity index (χ0) is 14.7. The molecular weight excluding hydrogens is 267 g/mol. The highest BCUT2D eigenvalue weighted by molar-refractivity contribution is 5.31. The standard InChI is InChI=1S/C17H19FN2O/c18-14-3-1-2-12(10-14)11-17(20-19)13-4-6-15(7-5-13)21-16-8-9-16/h1-7,10,16-17,20H,8-9,11,19H2. The van der Waals surface area contributed by atoms with E-state index in [1.807, 2.05) is 30.3 Å². The Kier molecular flexibility index (Phi) is 4.18. The van der Waals surface area contributed by atoms with Crippen molar-refractivity contribution in [2.24, 2.45) is 5.84 Å². The Morgan fingerprint density at radius 1 is 1.19 bits per heavy atom. The van der Waals surface area contributed by atoms with Crippen LogP contribution in [0.5, 0.6) is 5.75 Å². The van der Waals surface area contributed by atoms with Crippen molar-refractivity contribution >= 4 is 0 Å². The Labute approximate surface area is 123 Å². The van der Waals surface area contributed by atoms with E-state index < -0.39 is 0 Å². The predicted octanol–water partition coefficient (Wildman–Crippen LogP) is 3.11. The van der Waals surface area contributed by atoms with Crippen LogP contribution in [0.4, 0.5) is 4.39 Å². The summed E-state index contributed by atoms with van der Waals surface area (Å²) in [5.41, 5.74) is 4.77. The molecule has 0 spiro atoms. The lowest BCUT2D eigenvalue weighted by atomic mass is 9.99. The number of hydrogen-bond acceptors (Lipinski definition) is 3. The van der Waals surface area contributed by atoms with Crippen LogP contribution in [0.2, 0.25) is 0 Å². The van der Waals surface area contributed by atoms with Gasteiger partial charge in [-0.15, -0.1) is 0 Å². The molecule has 0 saturated heterocycles. The fourth-order valence-electron chi connectivity index (χ4n) is 2.33. The second-order valence-corrected chi connectivity index (χ2v) is 5.44. The number of rotatable bonds is 6. The summed E-state index contributed by atoms with van der Waals surface area (Å²) in [5.74, 6) is 6.31. The topological polar surface area (TPSA) is 47.3 Å². The van der Waals surface area contributed by atoms with Crippen LogP contribution in [-0.4, -0.2) is 6.10 Å². The fourth-order valence-corrected chi connectivity index (χ4v) is 2.33. The summed E-state index contributed by atoms with van der Waals surface area (Å²) in [6.07, 6.45) is 3.33. The van der Waals surface area contributed by atoms with Crippen LogP contribution in [0, 0.1) is 5.82 Å². The van der Waals surface area contributed by atoms with Crippen molar-refractivity contribution in [3.05, 3.63) is 65.5 Å². The van der Waals surface area contributed by atoms with Crippen molar-refractivity contribution < 1.29 is 9.13 Å². The van der Waals surface area contributed by atoms with E-state index in [0.29, 0.717) is 12.5 Å². The van der Waals surface area contributed by atoms with Gasteiger partial charge in [0.2, 0.25) is 0 Å². The predicted molar refractivity (Wildman–Crippen MR) is 80.3 cm³/mol. The molecule has 3 N–H and O–H groups in total. The minimum atomic E-state index is -0.226. The van der Waals surface area contributed by atoms with Gasteiger partial charge in [0, 0.05) is 6.04 Å². The lowest BCUT2D eigenvalue weighted by Gasteiger charge is -2.17. The van der Waals surface area contributed by atoms with Crippen molar-refractivity contribution in [1.82, 2.24) is 5.43 Å². The van der Waals surface area contributed by atoms with Crippen molar-refractivity contribution in [3.63, 3.8) is 0 Å². The van der Waals surface area contributed by atoms with Gasteiger partial charge in [0.25, 0.3) is 0 Å². The molecular formula is C17H19FN2O. The summed E-state index contributed by atoms with van der Waals surface area (Å²) in [5, 5.41) is 0. The van der Waals surface area contributed by atoms with Gasteiger partial charge in [0.1, 0.15) is 11.6 Å². The van der Waals surface area contributed by atoms with Crippen LogP contribution >= 0.6 is 0 Å². The van der Waals surface area contributed by atoms with Gasteiger partial charge in [-0.25, -0.2) is 4.39 Å². The molecule has 0 aliphatic heterocycles. The van der Waals surface area contributed by atoms with E-state index in [9.17, 15) is 4.39 Å². The maximum Gasteiger partial charge on any atom is 0.123 e. The molecule has 0 aromatic heterocycles. The first-order chi connectivity index (χ1) is 10.2. The lowest BCUT2D eigenvalue weighted by Crippen LogP contribution is -2.29. The molecule has 2 aromatic rings. The van der Waals surface area contributed by atoms with Crippen LogP contribution in [-0.2, 0) is 6.42 Å². The Hall–Kier alpha value is -1.91. The number of benzene rings is 2. The molecule has 1 fully saturated rings. The van der Waals surface area contributed by atoms with Crippen molar-refractivity contribution in [3.8, 4) is 5.75 Å². The zero-order valence-electron chi connectivity index (χ0n) is 11.8. The fraction of sp³-hybridized carbons (Fsp3) is 0.294. The molecule has 1 saturated carbocycles. The molecule has 1 aliphatic carbocycles. The molecule has 3 nitrogen and oxygen atoms in total. The maximum atomic E-state index is 13.2. The average molecular weight is 286 g/mol. The summed E-state index contributed by atoms with van der Waals surface area (Å²) in [6.45, 7) is 0. The Balaban J connectivity index is 1.69. The Bertz CT molecular complexity index is 596. The van der Waals surface area contributed by atoms with Gasteiger partial charge in [-0.05, 0) is 54.7 Å². The first-order valence-electron chi connectivity index (χ1n) is 7.22. The van der Waals surface area contributed by atoms with Crippen LogP contribution in [0.15, 0.2) is 48.5 Å². The smallest absolute Gasteiger partial charge is 0.123 e. The van der Waals surface area contributed by atoms with Crippen LogP contribution in [0.25, 0.3) is 0 Å². The quantitative estimate of drug-likeness (QED) is 0.633. The van der Waals surface area contributed by atoms with Crippen molar-refractivity contribution in [2.75, 3.05) is 0 Å². The summed E-state index contributed by atoms with van der Waals surface area (Å²) in [4.78, 5) is 0. The number of nitrogens with one attached hydrogen (secondary N) is 1. The summed E-state index contributed by atoms with van der Waals surface area (Å²) < 4.78 is 19.0. The van der Waals surface area contributed by atoms with E-state index in [1.165, 1.54) is 12.1 Å². The third kappa shape index (κ3) is 3.80. The van der Waals surface area contributed by atoms with Gasteiger partial charge in [-0.2, -0.15) is 0 Å². The number of nitrogens with two attached hydrogens (primary N) is 1. The van der Waals surface area contributed by atoms with E-state index >= 15 is 0 Å². The molecule has 0 radical (unpaired) electrons. The molecule has 1 atom stereocenters. The molecule has 0 heterocycles. The van der Waals surface area contributed by atoms with Gasteiger partial charge in [0.15, 0.2) is 0 Å². The van der Waals surface area contributed by atoms with E-state index in [1.54, 1.807) is 6.07 Å². The average Bonchev–Trinajstić information content (AvgIpc) is 3.30. The van der Waals surface area contributed by atoms with Crippen LogP contribution in [0.3, 0.4) is 0 Å². The van der Waals surface area contributed by atoms with Gasteiger partial charge in [-0.3, -0.25) is 11.3 Å². The Morgan fingerprint density at radius 3 is 2.57 bits per heavy atom. The number of ether oxygens (including phenoxy) is 1. The van der Waals surface area contributed by atoms with E-state index in [0.717, 1.165) is 29.7 Å². The Morgan fingerprint density at radius 2 is 1.95 bits per heavy atom. The second-order valence-electron chi connectivity index (χ2n) is 5.44. The molecule has 4 heteroatoms. The van der Waals surface area contributed by atoms with Gasteiger partial charge < -0.3 is 4.74 Å². The molecule has 2 aromatic carbocycles. The van der Waals surface area contributed by atoms with Crippen LogP contribution in [0.1, 0.15) is 30.0 Å². The molecule has 1 aliphatic rings. The summed E-state index contributed by atoms with van der Waals surface area (Å²) in [6, 6.07) is 14.5. The van der Waals surface area contributed by atoms with Gasteiger partial charge >= 0.3 is 0 Å². The maximum absolute atomic E-state index is 13.2. The first kappa shape index (κ1) is 14.0. The van der Waals surface area contributed by atoms with Crippen molar-refractivity contribution in [2.45, 2.75) is 31.4 Å². The lowest BCUT2D eigenvalue weighted by molar-refractivity contribution is 0.303. The van der Waals surface area contributed by atoms with E-state index in [2.05, 4.69) is 5.43 Å². The number of hydrazine groups is 1. The molecule has 21 heavy (non-hydrogen) atoms. The largest absolute Gasteiger partial charge is 0.490 e. The summed E-state index contributed by atoms with van der Waals surface area (Å²) in [7, 11) is 0. The number of halogens is 1. The molecule has 110 valence electrons. The zero-order valence-corrected chi connectivity index (χ0v) is 11.8. The third-order valence-corrected chi connectivity index (χ3v) is 3.64.